The van der Waals surface area contributed by atoms with Gasteiger partial charge in [-0.2, -0.15) is 5.10 Å². The highest BCUT2D eigenvalue weighted by molar-refractivity contribution is 7.71. The molecule has 2 rings (SSSR count). The van der Waals surface area contributed by atoms with Gasteiger partial charge in [-0.05, 0) is 12.2 Å². The summed E-state index contributed by atoms with van der Waals surface area (Å²) in [5.74, 6) is 0.850. The molecule has 2 aromatic rings. The summed E-state index contributed by atoms with van der Waals surface area (Å²) >= 11 is 5.18. The first kappa shape index (κ1) is 11.0. The third-order valence-electron chi connectivity index (χ3n) is 2.31. The van der Waals surface area contributed by atoms with Gasteiger partial charge in [0.2, 0.25) is 0 Å². The number of nitrogens with one attached hydrogen (secondary N) is 1. The van der Waals surface area contributed by atoms with Gasteiger partial charge in [0.05, 0.1) is 13.2 Å². The Morgan fingerprint density at radius 1 is 1.38 bits per heavy atom. The molecule has 0 saturated carbocycles. The van der Waals surface area contributed by atoms with Crippen molar-refractivity contribution in [3.05, 3.63) is 35.1 Å². The van der Waals surface area contributed by atoms with Gasteiger partial charge in [0.15, 0.2) is 10.6 Å². The SMILES string of the molecule is COCCn1c(-c2ccccc2)n[nH]c1=S. The average molecular weight is 235 g/mol. The number of hydrogen-bond acceptors (Lipinski definition) is 3. The van der Waals surface area contributed by atoms with E-state index >= 15 is 0 Å². The van der Waals surface area contributed by atoms with Gasteiger partial charge in [-0.1, -0.05) is 30.3 Å². The molecule has 0 aliphatic carbocycles. The zero-order valence-electron chi connectivity index (χ0n) is 9.01. The number of H-pyrrole nitrogens is 1. The molecule has 0 spiro atoms. The summed E-state index contributed by atoms with van der Waals surface area (Å²) in [6.07, 6.45) is 0. The highest BCUT2D eigenvalue weighted by atomic mass is 32.1. The van der Waals surface area contributed by atoms with E-state index in [1.54, 1.807) is 7.11 Å². The first-order chi connectivity index (χ1) is 7.83. The molecule has 0 aliphatic rings. The van der Waals surface area contributed by atoms with Crippen molar-refractivity contribution in [2.24, 2.45) is 0 Å². The molecule has 0 bridgehead atoms. The minimum atomic E-state index is 0.619. The monoisotopic (exact) mass is 235 g/mol. The molecule has 0 radical (unpaired) electrons. The molecule has 0 saturated heterocycles. The van der Waals surface area contributed by atoms with Crippen molar-refractivity contribution in [2.45, 2.75) is 6.54 Å². The van der Waals surface area contributed by atoms with Crippen molar-refractivity contribution in [1.29, 1.82) is 0 Å². The molecule has 5 heteroatoms. The number of methoxy groups -OCH3 is 1. The van der Waals surface area contributed by atoms with Crippen molar-refractivity contribution < 1.29 is 4.74 Å². The lowest BCUT2D eigenvalue weighted by Crippen LogP contribution is -2.06. The standard InChI is InChI=1S/C11H13N3OS/c1-15-8-7-14-10(12-13-11(14)16)9-5-3-2-4-6-9/h2-6H,7-8H2,1H3,(H,13,16). The fraction of sp³-hybridized carbons (Fsp3) is 0.273. The fourth-order valence-corrected chi connectivity index (χ4v) is 1.74. The zero-order chi connectivity index (χ0) is 11.4. The molecule has 0 fully saturated rings. The highest BCUT2D eigenvalue weighted by Gasteiger charge is 2.07. The number of ether oxygens (including phenoxy) is 1. The largest absolute Gasteiger partial charge is 0.383 e. The van der Waals surface area contributed by atoms with E-state index in [1.807, 2.05) is 34.9 Å². The predicted molar refractivity (Wildman–Crippen MR) is 64.7 cm³/mol. The summed E-state index contributed by atoms with van der Waals surface area (Å²) in [6, 6.07) is 9.95. The van der Waals surface area contributed by atoms with Crippen LogP contribution in [0.4, 0.5) is 0 Å². The van der Waals surface area contributed by atoms with Gasteiger partial charge in [0.1, 0.15) is 0 Å². The van der Waals surface area contributed by atoms with E-state index in [2.05, 4.69) is 10.2 Å². The molecule has 4 nitrogen and oxygen atoms in total. The molecular formula is C11H13N3OS. The minimum Gasteiger partial charge on any atom is -0.383 e. The van der Waals surface area contributed by atoms with Crippen LogP contribution in [-0.4, -0.2) is 28.5 Å². The Hall–Kier alpha value is -1.46. The average Bonchev–Trinajstić information content (AvgIpc) is 2.69. The maximum Gasteiger partial charge on any atom is 0.195 e. The summed E-state index contributed by atoms with van der Waals surface area (Å²) in [5, 5.41) is 7.03. The molecule has 1 aromatic heterocycles. The zero-order valence-corrected chi connectivity index (χ0v) is 9.83. The van der Waals surface area contributed by atoms with Gasteiger partial charge >= 0.3 is 0 Å². The first-order valence-corrected chi connectivity index (χ1v) is 5.43. The number of benzene rings is 1. The van der Waals surface area contributed by atoms with Crippen LogP contribution in [0.2, 0.25) is 0 Å². The molecule has 84 valence electrons. The van der Waals surface area contributed by atoms with E-state index in [0.29, 0.717) is 17.9 Å². The quantitative estimate of drug-likeness (QED) is 0.827. The van der Waals surface area contributed by atoms with Crippen LogP contribution in [0.1, 0.15) is 0 Å². The lowest BCUT2D eigenvalue weighted by atomic mass is 10.2. The third kappa shape index (κ3) is 2.20. The summed E-state index contributed by atoms with van der Waals surface area (Å²) in [4.78, 5) is 0. The van der Waals surface area contributed by atoms with Crippen molar-refractivity contribution in [3.8, 4) is 11.4 Å². The van der Waals surface area contributed by atoms with Crippen LogP contribution in [0.5, 0.6) is 0 Å². The maximum absolute atomic E-state index is 5.18. The number of aromatic amines is 1. The number of rotatable bonds is 4. The van der Waals surface area contributed by atoms with Crippen LogP contribution in [0.15, 0.2) is 30.3 Å². The Morgan fingerprint density at radius 3 is 2.81 bits per heavy atom. The molecular weight excluding hydrogens is 222 g/mol. The third-order valence-corrected chi connectivity index (χ3v) is 2.62. The maximum atomic E-state index is 5.18. The Morgan fingerprint density at radius 2 is 2.12 bits per heavy atom. The van der Waals surface area contributed by atoms with Gasteiger partial charge in [-0.3, -0.25) is 9.67 Å². The molecule has 16 heavy (non-hydrogen) atoms. The van der Waals surface area contributed by atoms with Crippen LogP contribution in [0.25, 0.3) is 11.4 Å². The second-order valence-electron chi connectivity index (χ2n) is 3.36. The van der Waals surface area contributed by atoms with E-state index in [4.69, 9.17) is 17.0 Å². The highest BCUT2D eigenvalue weighted by Crippen LogP contribution is 2.16. The second kappa shape index (κ2) is 5.05. The van der Waals surface area contributed by atoms with Gasteiger partial charge in [0.25, 0.3) is 0 Å². The molecule has 0 amide bonds. The van der Waals surface area contributed by atoms with Gasteiger partial charge < -0.3 is 4.74 Å². The number of nitrogens with zero attached hydrogens (tertiary/aromatic N) is 2. The molecule has 1 aromatic carbocycles. The predicted octanol–water partition coefficient (Wildman–Crippen LogP) is 2.25. The lowest BCUT2D eigenvalue weighted by Gasteiger charge is -2.05. The lowest BCUT2D eigenvalue weighted by molar-refractivity contribution is 0.187. The van der Waals surface area contributed by atoms with Crippen LogP contribution >= 0.6 is 12.2 Å². The van der Waals surface area contributed by atoms with E-state index < -0.39 is 0 Å². The van der Waals surface area contributed by atoms with Crippen molar-refractivity contribution >= 4 is 12.2 Å². The minimum absolute atomic E-state index is 0.619. The van der Waals surface area contributed by atoms with Gasteiger partial charge in [0, 0.05) is 12.7 Å². The summed E-state index contributed by atoms with van der Waals surface area (Å²) in [7, 11) is 1.67. The second-order valence-corrected chi connectivity index (χ2v) is 3.75. The normalized spacial score (nSPS) is 10.6. The van der Waals surface area contributed by atoms with Crippen molar-refractivity contribution in [3.63, 3.8) is 0 Å². The van der Waals surface area contributed by atoms with Gasteiger partial charge in [-0.25, -0.2) is 0 Å². The van der Waals surface area contributed by atoms with Crippen LogP contribution in [0, 0.1) is 4.77 Å². The molecule has 1 heterocycles. The smallest absolute Gasteiger partial charge is 0.195 e. The topological polar surface area (TPSA) is 42.8 Å². The van der Waals surface area contributed by atoms with Crippen LogP contribution in [-0.2, 0) is 11.3 Å². The van der Waals surface area contributed by atoms with E-state index in [-0.39, 0.29) is 0 Å². The fourth-order valence-electron chi connectivity index (χ4n) is 1.52. The summed E-state index contributed by atoms with van der Waals surface area (Å²) in [5.41, 5.74) is 1.05. The number of hydrogen-bond donors (Lipinski definition) is 1. The Labute approximate surface area is 98.9 Å². The Kier molecular flexibility index (Phi) is 3.48. The summed E-state index contributed by atoms with van der Waals surface area (Å²) in [6.45, 7) is 1.32. The van der Waals surface area contributed by atoms with E-state index in [9.17, 15) is 0 Å². The molecule has 0 aliphatic heterocycles. The molecule has 1 N–H and O–H groups in total. The Balaban J connectivity index is 2.38. The number of aromatic nitrogens is 3. The van der Waals surface area contributed by atoms with E-state index in [1.165, 1.54) is 0 Å². The molecule has 0 atom stereocenters. The van der Waals surface area contributed by atoms with Gasteiger partial charge in [-0.15, -0.1) is 0 Å². The van der Waals surface area contributed by atoms with Crippen LogP contribution in [0.3, 0.4) is 0 Å². The first-order valence-electron chi connectivity index (χ1n) is 5.02. The molecule has 0 unspecified atom stereocenters. The van der Waals surface area contributed by atoms with Crippen LogP contribution < -0.4 is 0 Å². The summed E-state index contributed by atoms with van der Waals surface area (Å²) < 4.78 is 7.61. The van der Waals surface area contributed by atoms with Crippen molar-refractivity contribution in [2.75, 3.05) is 13.7 Å². The Bertz CT molecular complexity index is 503. The van der Waals surface area contributed by atoms with E-state index in [0.717, 1.165) is 11.4 Å². The van der Waals surface area contributed by atoms with Crippen molar-refractivity contribution in [1.82, 2.24) is 14.8 Å².